The Hall–Kier alpha value is -0.0400. The van der Waals surface area contributed by atoms with Crippen LogP contribution >= 0.6 is 0 Å². The average Bonchev–Trinajstić information content (AvgIpc) is 2.23. The Morgan fingerprint density at radius 1 is 1.07 bits per heavy atom. The third-order valence-electron chi connectivity index (χ3n) is 3.45. The summed E-state index contributed by atoms with van der Waals surface area (Å²) in [5.74, 6) is 1.56. The van der Waals surface area contributed by atoms with Crippen molar-refractivity contribution < 1.29 is 4.74 Å². The molecule has 0 N–H and O–H groups in total. The maximum absolute atomic E-state index is 5.58. The maximum atomic E-state index is 5.58. The van der Waals surface area contributed by atoms with Gasteiger partial charge in [0.1, 0.15) is 0 Å². The minimum absolute atomic E-state index is 0.469. The zero-order valence-corrected chi connectivity index (χ0v) is 10.7. The van der Waals surface area contributed by atoms with Gasteiger partial charge in [0.15, 0.2) is 0 Å². The van der Waals surface area contributed by atoms with Crippen molar-refractivity contribution in [3.8, 4) is 0 Å². The van der Waals surface area contributed by atoms with Crippen LogP contribution in [0.1, 0.15) is 59.8 Å². The van der Waals surface area contributed by atoms with Crippen molar-refractivity contribution in [1.82, 2.24) is 0 Å². The quantitative estimate of drug-likeness (QED) is 0.569. The van der Waals surface area contributed by atoms with Gasteiger partial charge in [-0.15, -0.1) is 0 Å². The lowest BCUT2D eigenvalue weighted by Gasteiger charge is -2.30. The van der Waals surface area contributed by atoms with Gasteiger partial charge < -0.3 is 4.74 Å². The van der Waals surface area contributed by atoms with Gasteiger partial charge in [0.25, 0.3) is 0 Å². The third-order valence-corrected chi connectivity index (χ3v) is 3.45. The van der Waals surface area contributed by atoms with Crippen LogP contribution in [0.15, 0.2) is 0 Å². The van der Waals surface area contributed by atoms with Crippen LogP contribution in [0.4, 0.5) is 0 Å². The first kappa shape index (κ1) is 14.0. The molecule has 0 heterocycles. The highest BCUT2D eigenvalue weighted by Gasteiger charge is 2.23. The predicted octanol–water partition coefficient (Wildman–Crippen LogP) is 4.26. The number of ether oxygens (including phenoxy) is 1. The number of unbranched alkanes of at least 4 members (excludes halogenated alkanes) is 1. The first-order valence-corrected chi connectivity index (χ1v) is 6.23. The standard InChI is InChI=1S/C13H28O/c1-6-9-10-12(11(4)7-2)13(8-3)14-5/h11-13H,6-10H2,1-5H3. The maximum Gasteiger partial charge on any atom is 0.0599 e. The molecule has 0 spiro atoms. The van der Waals surface area contributed by atoms with E-state index in [-0.39, 0.29) is 0 Å². The van der Waals surface area contributed by atoms with E-state index in [1.54, 1.807) is 0 Å². The number of rotatable bonds is 8. The first-order valence-electron chi connectivity index (χ1n) is 6.23. The summed E-state index contributed by atoms with van der Waals surface area (Å²) in [5, 5.41) is 0. The third kappa shape index (κ3) is 4.45. The summed E-state index contributed by atoms with van der Waals surface area (Å²) in [6, 6.07) is 0. The van der Waals surface area contributed by atoms with Crippen molar-refractivity contribution in [1.29, 1.82) is 0 Å². The molecule has 0 aromatic carbocycles. The normalized spacial score (nSPS) is 17.8. The lowest BCUT2D eigenvalue weighted by Crippen LogP contribution is -2.27. The van der Waals surface area contributed by atoms with Crippen LogP contribution in [0.2, 0.25) is 0 Å². The summed E-state index contributed by atoms with van der Waals surface area (Å²) < 4.78 is 5.58. The van der Waals surface area contributed by atoms with Gasteiger partial charge in [0.2, 0.25) is 0 Å². The molecule has 0 amide bonds. The van der Waals surface area contributed by atoms with Crippen molar-refractivity contribution in [2.45, 2.75) is 65.9 Å². The number of hydrogen-bond donors (Lipinski definition) is 0. The Morgan fingerprint density at radius 3 is 2.07 bits per heavy atom. The zero-order valence-electron chi connectivity index (χ0n) is 10.7. The molecule has 0 rings (SSSR count). The second-order valence-corrected chi connectivity index (χ2v) is 4.37. The summed E-state index contributed by atoms with van der Waals surface area (Å²) in [7, 11) is 1.86. The monoisotopic (exact) mass is 200 g/mol. The summed E-state index contributed by atoms with van der Waals surface area (Å²) in [6.45, 7) is 9.14. The Labute approximate surface area is 90.2 Å². The van der Waals surface area contributed by atoms with E-state index in [0.717, 1.165) is 18.3 Å². The Balaban J connectivity index is 4.19. The fourth-order valence-corrected chi connectivity index (χ4v) is 2.22. The minimum Gasteiger partial charge on any atom is -0.381 e. The van der Waals surface area contributed by atoms with E-state index < -0.39 is 0 Å². The van der Waals surface area contributed by atoms with Gasteiger partial charge in [-0.2, -0.15) is 0 Å². The second-order valence-electron chi connectivity index (χ2n) is 4.37. The fraction of sp³-hybridized carbons (Fsp3) is 1.00. The molecular weight excluding hydrogens is 172 g/mol. The molecule has 1 heteroatoms. The van der Waals surface area contributed by atoms with Gasteiger partial charge in [-0.3, -0.25) is 0 Å². The summed E-state index contributed by atoms with van der Waals surface area (Å²) in [5.41, 5.74) is 0. The van der Waals surface area contributed by atoms with Crippen molar-refractivity contribution >= 4 is 0 Å². The van der Waals surface area contributed by atoms with Crippen LogP contribution < -0.4 is 0 Å². The minimum atomic E-state index is 0.469. The topological polar surface area (TPSA) is 9.23 Å². The predicted molar refractivity (Wildman–Crippen MR) is 63.6 cm³/mol. The summed E-state index contributed by atoms with van der Waals surface area (Å²) >= 11 is 0. The molecule has 0 bridgehead atoms. The molecule has 86 valence electrons. The van der Waals surface area contributed by atoms with Crippen LogP contribution in [-0.4, -0.2) is 13.2 Å². The molecule has 14 heavy (non-hydrogen) atoms. The highest BCUT2D eigenvalue weighted by Crippen LogP contribution is 2.27. The molecule has 0 radical (unpaired) electrons. The van der Waals surface area contributed by atoms with Crippen LogP contribution in [0.5, 0.6) is 0 Å². The number of methoxy groups -OCH3 is 1. The Kier molecular flexibility index (Phi) is 8.26. The van der Waals surface area contributed by atoms with Crippen molar-refractivity contribution in [3.63, 3.8) is 0 Å². The molecule has 0 saturated heterocycles. The van der Waals surface area contributed by atoms with E-state index in [4.69, 9.17) is 4.74 Å². The Morgan fingerprint density at radius 2 is 1.71 bits per heavy atom. The van der Waals surface area contributed by atoms with Gasteiger partial charge in [0, 0.05) is 7.11 Å². The molecule has 3 unspecified atom stereocenters. The lowest BCUT2D eigenvalue weighted by atomic mass is 9.82. The van der Waals surface area contributed by atoms with Gasteiger partial charge in [0.05, 0.1) is 6.10 Å². The summed E-state index contributed by atoms with van der Waals surface area (Å²) in [4.78, 5) is 0. The highest BCUT2D eigenvalue weighted by atomic mass is 16.5. The molecule has 0 aliphatic rings. The van der Waals surface area contributed by atoms with E-state index >= 15 is 0 Å². The van der Waals surface area contributed by atoms with Gasteiger partial charge >= 0.3 is 0 Å². The Bertz CT molecular complexity index is 118. The first-order chi connectivity index (χ1) is 6.71. The van der Waals surface area contributed by atoms with Crippen LogP contribution in [-0.2, 0) is 4.74 Å². The molecule has 0 fully saturated rings. The highest BCUT2D eigenvalue weighted by molar-refractivity contribution is 4.73. The SMILES string of the molecule is CCCCC(C(C)CC)C(CC)OC. The van der Waals surface area contributed by atoms with Gasteiger partial charge in [-0.1, -0.05) is 47.0 Å². The number of hydrogen-bond acceptors (Lipinski definition) is 1. The molecule has 0 aliphatic carbocycles. The van der Waals surface area contributed by atoms with Gasteiger partial charge in [-0.25, -0.2) is 0 Å². The van der Waals surface area contributed by atoms with Gasteiger partial charge in [-0.05, 0) is 24.7 Å². The van der Waals surface area contributed by atoms with E-state index in [1.807, 2.05) is 7.11 Å². The summed E-state index contributed by atoms with van der Waals surface area (Å²) in [6.07, 6.45) is 6.86. The fourth-order valence-electron chi connectivity index (χ4n) is 2.22. The zero-order chi connectivity index (χ0) is 11.0. The molecule has 0 saturated carbocycles. The van der Waals surface area contributed by atoms with Crippen LogP contribution in [0, 0.1) is 11.8 Å². The molecule has 3 atom stereocenters. The van der Waals surface area contributed by atoms with Crippen molar-refractivity contribution in [3.05, 3.63) is 0 Å². The van der Waals surface area contributed by atoms with Crippen molar-refractivity contribution in [2.75, 3.05) is 7.11 Å². The van der Waals surface area contributed by atoms with E-state index in [9.17, 15) is 0 Å². The second kappa shape index (κ2) is 8.28. The molecule has 0 aromatic rings. The largest absolute Gasteiger partial charge is 0.381 e. The molecular formula is C13H28O. The van der Waals surface area contributed by atoms with E-state index in [1.165, 1.54) is 25.7 Å². The smallest absolute Gasteiger partial charge is 0.0599 e. The van der Waals surface area contributed by atoms with Crippen molar-refractivity contribution in [2.24, 2.45) is 11.8 Å². The van der Waals surface area contributed by atoms with Crippen LogP contribution in [0.3, 0.4) is 0 Å². The average molecular weight is 200 g/mol. The molecule has 0 aliphatic heterocycles. The van der Waals surface area contributed by atoms with Crippen LogP contribution in [0.25, 0.3) is 0 Å². The molecule has 1 nitrogen and oxygen atoms in total. The molecule has 0 aromatic heterocycles. The lowest BCUT2D eigenvalue weighted by molar-refractivity contribution is 0.0216. The van der Waals surface area contributed by atoms with E-state index in [2.05, 4.69) is 27.7 Å². The van der Waals surface area contributed by atoms with E-state index in [0.29, 0.717) is 6.10 Å².